The number of carbonyl (C=O) groups excluding carboxylic acids is 1. The third-order valence-corrected chi connectivity index (χ3v) is 12.8. The smallest absolute Gasteiger partial charge is 0.306 e. The van der Waals surface area contributed by atoms with E-state index >= 15 is 0 Å². The summed E-state index contributed by atoms with van der Waals surface area (Å²) in [7, 11) is -4.04. The van der Waals surface area contributed by atoms with Crippen molar-refractivity contribution in [1.29, 1.82) is 0 Å². The number of halogens is 1. The van der Waals surface area contributed by atoms with Gasteiger partial charge in [0.2, 0.25) is 10.0 Å². The van der Waals surface area contributed by atoms with Crippen LogP contribution in [0.2, 0.25) is 5.02 Å². The number of fused-ring (bicyclic) bond motifs is 4. The lowest BCUT2D eigenvalue weighted by molar-refractivity contribution is -0.145. The first-order valence-corrected chi connectivity index (χ1v) is 17.7. The fraction of sp³-hybridized carbons (Fsp3) is 0.529. The van der Waals surface area contributed by atoms with E-state index in [1.54, 1.807) is 44.2 Å². The first kappa shape index (κ1) is 31.9. The maximum Gasteiger partial charge on any atom is 0.306 e. The molecule has 6 atom stereocenters. The molecule has 1 spiro atoms. The molecule has 1 saturated carbocycles. The van der Waals surface area contributed by atoms with Gasteiger partial charge in [0, 0.05) is 29.1 Å². The number of benzene rings is 2. The highest BCUT2D eigenvalue weighted by Gasteiger charge is 2.49. The highest BCUT2D eigenvalue weighted by Crippen LogP contribution is 2.49. The molecule has 1 fully saturated rings. The van der Waals surface area contributed by atoms with Crippen molar-refractivity contribution in [3.8, 4) is 5.75 Å². The molecule has 2 heterocycles. The van der Waals surface area contributed by atoms with Crippen LogP contribution in [0, 0.1) is 17.8 Å². The number of allylic oxidation sites excluding steroid dienone is 1. The lowest BCUT2D eigenvalue weighted by Gasteiger charge is -2.49. The topological polar surface area (TPSA) is 133 Å². The highest BCUT2D eigenvalue weighted by atomic mass is 35.5. The Hall–Kier alpha value is -3.08. The van der Waals surface area contributed by atoms with Gasteiger partial charge in [0.25, 0.3) is 5.91 Å². The molecular formula is C34H41ClN2O7S. The van der Waals surface area contributed by atoms with Gasteiger partial charge < -0.3 is 19.8 Å². The van der Waals surface area contributed by atoms with Crippen molar-refractivity contribution in [3.63, 3.8) is 0 Å². The van der Waals surface area contributed by atoms with Crippen molar-refractivity contribution in [2.24, 2.45) is 17.8 Å². The van der Waals surface area contributed by atoms with Crippen LogP contribution in [-0.2, 0) is 26.7 Å². The standard InChI is InChI=1S/C34H41ClN2O7S/c1-21-5-3-14-34(41,17-31(38)39)28-10-7-25(28)18-37-19-33(13-4-6-23-15-26(35)9-11-27(23)33)20-44-30-12-8-24(16-29(30)37)32(40)36-45(42,43)22(21)2/h3,8-9,11-12,14-16,21-22,25,28,41H,4-7,10,13,17-20H2,1-2H3,(H,36,40)(H,38,39)/b14-3+/t21-,22+,25-,28+,33-,34?/m0/s1. The first-order valence-electron chi connectivity index (χ1n) is 15.8. The number of ether oxygens (including phenoxy) is 1. The molecule has 0 aromatic heterocycles. The molecule has 3 N–H and O–H groups in total. The zero-order chi connectivity index (χ0) is 32.1. The van der Waals surface area contributed by atoms with Crippen molar-refractivity contribution in [2.75, 3.05) is 24.6 Å². The molecule has 0 radical (unpaired) electrons. The first-order chi connectivity index (χ1) is 21.3. The van der Waals surface area contributed by atoms with Crippen LogP contribution in [0.4, 0.5) is 5.69 Å². The summed E-state index contributed by atoms with van der Waals surface area (Å²) in [5.41, 5.74) is 1.30. The van der Waals surface area contributed by atoms with E-state index in [0.29, 0.717) is 49.0 Å². The fourth-order valence-electron chi connectivity index (χ4n) is 7.81. The number of aryl methyl sites for hydroxylation is 1. The number of carboxylic acids is 1. The second-order valence-corrected chi connectivity index (χ2v) is 16.1. The van der Waals surface area contributed by atoms with Crippen molar-refractivity contribution in [3.05, 3.63) is 70.3 Å². The Balaban J connectivity index is 1.46. The summed E-state index contributed by atoms with van der Waals surface area (Å²) in [4.78, 5) is 27.6. The largest absolute Gasteiger partial charge is 0.490 e. The van der Waals surface area contributed by atoms with Crippen LogP contribution in [-0.4, -0.2) is 61.1 Å². The average Bonchev–Trinajstić information content (AvgIpc) is 3.10. The third kappa shape index (κ3) is 6.09. The second-order valence-electron chi connectivity index (χ2n) is 13.6. The molecule has 1 amide bonds. The van der Waals surface area contributed by atoms with E-state index in [1.165, 1.54) is 11.1 Å². The predicted molar refractivity (Wildman–Crippen MR) is 172 cm³/mol. The summed E-state index contributed by atoms with van der Waals surface area (Å²) in [5.74, 6) is -1.92. The molecule has 9 nitrogen and oxygen atoms in total. The third-order valence-electron chi connectivity index (χ3n) is 10.7. The summed E-state index contributed by atoms with van der Waals surface area (Å²) in [6.45, 7) is 4.81. The maximum absolute atomic E-state index is 13.4. The van der Waals surface area contributed by atoms with Gasteiger partial charge in [0.1, 0.15) is 5.75 Å². The minimum absolute atomic E-state index is 0.0163. The van der Waals surface area contributed by atoms with E-state index in [-0.39, 0.29) is 22.8 Å². The van der Waals surface area contributed by atoms with Crippen LogP contribution < -0.4 is 14.4 Å². The summed E-state index contributed by atoms with van der Waals surface area (Å²) < 4.78 is 35.3. The fourth-order valence-corrected chi connectivity index (χ4v) is 9.28. The number of rotatable bonds is 2. The van der Waals surface area contributed by atoms with Crippen LogP contribution >= 0.6 is 11.6 Å². The summed E-state index contributed by atoms with van der Waals surface area (Å²) in [6, 6.07) is 11.0. The van der Waals surface area contributed by atoms with Crippen molar-refractivity contribution in [1.82, 2.24) is 4.72 Å². The molecule has 6 rings (SSSR count). The van der Waals surface area contributed by atoms with Crippen LogP contribution in [0.1, 0.15) is 73.9 Å². The van der Waals surface area contributed by atoms with Crippen LogP contribution in [0.3, 0.4) is 0 Å². The van der Waals surface area contributed by atoms with Crippen LogP contribution in [0.5, 0.6) is 5.75 Å². The number of hydrogen-bond donors (Lipinski definition) is 3. The number of anilines is 1. The quantitative estimate of drug-likeness (QED) is 0.381. The van der Waals surface area contributed by atoms with Crippen LogP contribution in [0.15, 0.2) is 48.6 Å². The number of carboxylic acid groups (broad SMARTS) is 1. The Morgan fingerprint density at radius 1 is 1.18 bits per heavy atom. The number of hydrogen-bond acceptors (Lipinski definition) is 7. The minimum Gasteiger partial charge on any atom is -0.490 e. The molecule has 1 unspecified atom stereocenters. The number of nitrogens with zero attached hydrogens (tertiary/aromatic N) is 1. The van der Waals surface area contributed by atoms with Gasteiger partial charge in [0.05, 0.1) is 29.6 Å². The maximum atomic E-state index is 13.4. The zero-order valence-corrected chi connectivity index (χ0v) is 27.2. The Morgan fingerprint density at radius 2 is 1.98 bits per heavy atom. The van der Waals surface area contributed by atoms with Crippen molar-refractivity contribution >= 4 is 39.2 Å². The predicted octanol–water partition coefficient (Wildman–Crippen LogP) is 5.09. The van der Waals surface area contributed by atoms with E-state index < -0.39 is 45.1 Å². The number of sulfonamides is 1. The average molecular weight is 657 g/mol. The highest BCUT2D eigenvalue weighted by molar-refractivity contribution is 7.90. The molecule has 4 aliphatic rings. The molecule has 2 aromatic rings. The molecule has 11 heteroatoms. The molecule has 2 bridgehead atoms. The lowest BCUT2D eigenvalue weighted by Crippen LogP contribution is -2.53. The molecule has 242 valence electrons. The SMILES string of the molecule is C[C@@H]1[C@@H](C)C/C=C/C(O)(CC(=O)O)[C@@H]2CC[C@H]2CN2C[C@@]3(CCCc4cc(Cl)ccc43)COc3ccc(cc32)C(=O)NS1(=O)=O. The van der Waals surface area contributed by atoms with E-state index in [0.717, 1.165) is 25.7 Å². The summed E-state index contributed by atoms with van der Waals surface area (Å²) >= 11 is 6.38. The zero-order valence-electron chi connectivity index (χ0n) is 25.7. The lowest BCUT2D eigenvalue weighted by atomic mass is 9.63. The van der Waals surface area contributed by atoms with Crippen molar-refractivity contribution in [2.45, 2.75) is 75.1 Å². The number of carbonyl (C=O) groups is 2. The number of aliphatic carboxylic acids is 1. The number of aliphatic hydroxyl groups is 1. The summed E-state index contributed by atoms with van der Waals surface area (Å²) in [6.07, 6.45) is 7.37. The van der Waals surface area contributed by atoms with Crippen molar-refractivity contribution < 1.29 is 33.0 Å². The summed E-state index contributed by atoms with van der Waals surface area (Å²) in [5, 5.41) is 21.4. The molecule has 2 aromatic carbocycles. The normalized spacial score (nSPS) is 33.4. The van der Waals surface area contributed by atoms with E-state index in [2.05, 4.69) is 15.7 Å². The van der Waals surface area contributed by atoms with Gasteiger partial charge in [-0.2, -0.15) is 0 Å². The number of amides is 1. The molecular weight excluding hydrogens is 616 g/mol. The van der Waals surface area contributed by atoms with Gasteiger partial charge in [-0.3, -0.25) is 9.59 Å². The molecule has 0 saturated heterocycles. The second kappa shape index (κ2) is 11.9. The van der Waals surface area contributed by atoms with Gasteiger partial charge in [0.15, 0.2) is 0 Å². The molecule has 2 aliphatic heterocycles. The van der Waals surface area contributed by atoms with E-state index in [4.69, 9.17) is 16.3 Å². The van der Waals surface area contributed by atoms with Gasteiger partial charge in [-0.1, -0.05) is 36.7 Å². The molecule has 45 heavy (non-hydrogen) atoms. The minimum atomic E-state index is -4.04. The Kier molecular flexibility index (Phi) is 8.46. The van der Waals surface area contributed by atoms with Gasteiger partial charge in [-0.25, -0.2) is 13.1 Å². The Bertz CT molecular complexity index is 1640. The monoisotopic (exact) mass is 656 g/mol. The van der Waals surface area contributed by atoms with E-state index in [1.807, 2.05) is 12.1 Å². The van der Waals surface area contributed by atoms with Gasteiger partial charge in [-0.05, 0) is 105 Å². The Labute approximate surface area is 269 Å². The van der Waals surface area contributed by atoms with Crippen LogP contribution in [0.25, 0.3) is 0 Å². The van der Waals surface area contributed by atoms with E-state index in [9.17, 15) is 28.2 Å². The number of nitrogens with one attached hydrogen (secondary N) is 1. The van der Waals surface area contributed by atoms with Gasteiger partial charge >= 0.3 is 5.97 Å². The van der Waals surface area contributed by atoms with Gasteiger partial charge in [-0.15, -0.1) is 0 Å². The Morgan fingerprint density at radius 3 is 2.71 bits per heavy atom. The molecule has 2 aliphatic carbocycles.